The van der Waals surface area contributed by atoms with Gasteiger partial charge in [0, 0.05) is 18.4 Å². The number of hydrogen-bond donors (Lipinski definition) is 3. The summed E-state index contributed by atoms with van der Waals surface area (Å²) in [6, 6.07) is 28.8. The highest BCUT2D eigenvalue weighted by Crippen LogP contribution is 2.26. The van der Waals surface area contributed by atoms with Gasteiger partial charge in [-0.3, -0.25) is 9.59 Å². The zero-order chi connectivity index (χ0) is 33.1. The number of carboxylic acid groups (broad SMARTS) is 1. The fourth-order valence-electron chi connectivity index (χ4n) is 5.10. The van der Waals surface area contributed by atoms with Gasteiger partial charge in [-0.25, -0.2) is 9.78 Å². The number of amides is 1. The number of halogens is 3. The molecule has 1 aromatic heterocycles. The lowest BCUT2D eigenvalue weighted by Gasteiger charge is -2.17. The Morgan fingerprint density at radius 3 is 2.09 bits per heavy atom. The molecule has 0 spiro atoms. The summed E-state index contributed by atoms with van der Waals surface area (Å²) in [4.78, 5) is 41.9. The lowest BCUT2D eigenvalue weighted by molar-refractivity contribution is -0.192. The lowest BCUT2D eigenvalue weighted by atomic mass is 10.0. The molecule has 0 fully saturated rings. The quantitative estimate of drug-likeness (QED) is 0.120. The van der Waals surface area contributed by atoms with Gasteiger partial charge in [0.25, 0.3) is 0 Å². The van der Waals surface area contributed by atoms with Gasteiger partial charge in [0.15, 0.2) is 0 Å². The van der Waals surface area contributed by atoms with Crippen molar-refractivity contribution in [3.8, 4) is 11.3 Å². The van der Waals surface area contributed by atoms with Crippen molar-refractivity contribution < 1.29 is 32.7 Å². The summed E-state index contributed by atoms with van der Waals surface area (Å²) in [7, 11) is 0. The Hall–Kier alpha value is -4.99. The average Bonchev–Trinajstić information content (AvgIpc) is 3.54. The zero-order valence-corrected chi connectivity index (χ0v) is 25.4. The van der Waals surface area contributed by atoms with E-state index in [1.165, 1.54) is 10.8 Å². The van der Waals surface area contributed by atoms with Crippen molar-refractivity contribution in [2.24, 2.45) is 0 Å². The van der Waals surface area contributed by atoms with Crippen LogP contribution in [0.5, 0.6) is 0 Å². The van der Waals surface area contributed by atoms with Gasteiger partial charge in [-0.1, -0.05) is 98.6 Å². The molecule has 0 saturated carbocycles. The molecule has 46 heavy (non-hydrogen) atoms. The normalized spacial score (nSPS) is 11.9. The largest absolute Gasteiger partial charge is 0.490 e. The lowest BCUT2D eigenvalue weighted by Crippen LogP contribution is -2.30. The third-order valence-electron chi connectivity index (χ3n) is 7.59. The smallest absolute Gasteiger partial charge is 0.475 e. The number of carbonyl (C=O) groups excluding carboxylic acids is 2. The first-order chi connectivity index (χ1) is 22.0. The monoisotopic (exact) mass is 631 g/mol. The van der Waals surface area contributed by atoms with Crippen LogP contribution in [-0.2, 0) is 20.8 Å². The molecule has 10 heteroatoms. The first-order valence-electron chi connectivity index (χ1n) is 15.2. The standard InChI is InChI=1S/C34H35N3O2.C2HF3O2/c1-2-30(38)14-4-3-5-15-31(36-33(39)21-24-16-17-25-10-6-8-12-27(25)20-24)34-35-23-32(37-34)29-19-18-26-11-7-9-13-28(26)22-29;3-2(4,5)1(6)7/h6-13,16-20,22-23,31H,2-5,14-15,21H2,1H3,(H,35,37)(H,36,39);(H,6,7)/t31-;/m0./s1. The number of imidazole rings is 1. The highest BCUT2D eigenvalue weighted by molar-refractivity contribution is 5.87. The van der Waals surface area contributed by atoms with Crippen molar-refractivity contribution >= 4 is 39.2 Å². The van der Waals surface area contributed by atoms with Crippen LogP contribution in [0.25, 0.3) is 32.8 Å². The fourth-order valence-corrected chi connectivity index (χ4v) is 5.10. The van der Waals surface area contributed by atoms with E-state index in [9.17, 15) is 22.8 Å². The number of rotatable bonds is 12. The van der Waals surface area contributed by atoms with Gasteiger partial charge in [-0.05, 0) is 46.0 Å². The number of benzene rings is 4. The van der Waals surface area contributed by atoms with Crippen molar-refractivity contribution in [1.29, 1.82) is 0 Å². The van der Waals surface area contributed by atoms with Crippen molar-refractivity contribution in [2.75, 3.05) is 0 Å². The molecule has 5 aromatic rings. The first-order valence-corrected chi connectivity index (χ1v) is 15.2. The summed E-state index contributed by atoms with van der Waals surface area (Å²) in [6.07, 6.45) is 1.79. The van der Waals surface area contributed by atoms with Crippen LogP contribution >= 0.6 is 0 Å². The van der Waals surface area contributed by atoms with E-state index in [4.69, 9.17) is 9.90 Å². The van der Waals surface area contributed by atoms with E-state index in [0.29, 0.717) is 25.0 Å². The summed E-state index contributed by atoms with van der Waals surface area (Å²) in [6.45, 7) is 1.91. The summed E-state index contributed by atoms with van der Waals surface area (Å²) >= 11 is 0. The number of nitrogens with one attached hydrogen (secondary N) is 2. The number of aromatic nitrogens is 2. The van der Waals surface area contributed by atoms with Crippen molar-refractivity contribution in [2.45, 2.75) is 64.1 Å². The molecule has 1 heterocycles. The molecule has 1 amide bonds. The topological polar surface area (TPSA) is 112 Å². The van der Waals surface area contributed by atoms with Gasteiger partial charge in [0.05, 0.1) is 24.4 Å². The Kier molecular flexibility index (Phi) is 11.7. The Balaban J connectivity index is 0.000000617. The van der Waals surface area contributed by atoms with Crippen LogP contribution in [0, 0.1) is 0 Å². The number of unbranched alkanes of at least 4 members (excludes halogenated alkanes) is 2. The predicted octanol–water partition coefficient (Wildman–Crippen LogP) is 8.35. The first kappa shape index (κ1) is 33.9. The minimum absolute atomic E-state index is 0.0277. The number of H-pyrrole nitrogens is 1. The molecule has 4 aromatic carbocycles. The number of ketones is 1. The highest BCUT2D eigenvalue weighted by Gasteiger charge is 2.38. The Bertz CT molecular complexity index is 1800. The van der Waals surface area contributed by atoms with Crippen LogP contribution in [0.1, 0.15) is 62.9 Å². The molecular formula is C36H36F3N3O4. The van der Waals surface area contributed by atoms with Crippen LogP contribution in [0.3, 0.4) is 0 Å². The molecule has 1 atom stereocenters. The summed E-state index contributed by atoms with van der Waals surface area (Å²) in [5, 5.41) is 15.0. The molecular weight excluding hydrogens is 595 g/mol. The number of fused-ring (bicyclic) bond motifs is 2. The molecule has 0 radical (unpaired) electrons. The summed E-state index contributed by atoms with van der Waals surface area (Å²) in [5.74, 6) is -1.72. The van der Waals surface area contributed by atoms with Gasteiger partial charge in [0.1, 0.15) is 11.6 Å². The summed E-state index contributed by atoms with van der Waals surface area (Å²) in [5.41, 5.74) is 2.98. The molecule has 3 N–H and O–H groups in total. The van der Waals surface area contributed by atoms with E-state index >= 15 is 0 Å². The van der Waals surface area contributed by atoms with Crippen molar-refractivity contribution in [3.05, 3.63) is 103 Å². The second-order valence-corrected chi connectivity index (χ2v) is 11.0. The van der Waals surface area contributed by atoms with E-state index < -0.39 is 12.1 Å². The van der Waals surface area contributed by atoms with Gasteiger partial charge in [0.2, 0.25) is 5.91 Å². The van der Waals surface area contributed by atoms with Crippen LogP contribution in [0.2, 0.25) is 0 Å². The van der Waals surface area contributed by atoms with E-state index in [2.05, 4.69) is 69.9 Å². The van der Waals surface area contributed by atoms with Crippen molar-refractivity contribution in [1.82, 2.24) is 15.3 Å². The zero-order valence-electron chi connectivity index (χ0n) is 25.4. The number of hydrogen-bond acceptors (Lipinski definition) is 4. The Labute approximate surface area is 264 Å². The van der Waals surface area contributed by atoms with E-state index in [0.717, 1.165) is 59.1 Å². The maximum absolute atomic E-state index is 13.2. The molecule has 5 rings (SSSR count). The van der Waals surface area contributed by atoms with Crippen LogP contribution in [0.15, 0.2) is 91.1 Å². The molecule has 0 aliphatic carbocycles. The van der Waals surface area contributed by atoms with E-state index in [1.807, 2.05) is 43.5 Å². The van der Waals surface area contributed by atoms with Gasteiger partial charge < -0.3 is 15.4 Å². The summed E-state index contributed by atoms with van der Waals surface area (Å²) < 4.78 is 31.7. The number of Topliss-reactive ketones (excluding diaryl/α,β-unsaturated/α-hetero) is 1. The highest BCUT2D eigenvalue weighted by atomic mass is 19.4. The molecule has 0 saturated heterocycles. The second kappa shape index (κ2) is 15.8. The van der Waals surface area contributed by atoms with Gasteiger partial charge in [-0.15, -0.1) is 0 Å². The number of carbonyl (C=O) groups is 3. The molecule has 0 bridgehead atoms. The number of nitrogens with zero attached hydrogens (tertiary/aromatic N) is 1. The van der Waals surface area contributed by atoms with E-state index in [1.54, 1.807) is 0 Å². The van der Waals surface area contributed by atoms with Crippen LogP contribution < -0.4 is 5.32 Å². The fraction of sp³-hybridized carbons (Fsp3) is 0.278. The average molecular weight is 632 g/mol. The van der Waals surface area contributed by atoms with Gasteiger partial charge >= 0.3 is 12.1 Å². The number of alkyl halides is 3. The van der Waals surface area contributed by atoms with Crippen LogP contribution in [0.4, 0.5) is 13.2 Å². The minimum Gasteiger partial charge on any atom is -0.475 e. The number of aromatic amines is 1. The molecule has 240 valence electrons. The maximum atomic E-state index is 13.2. The van der Waals surface area contributed by atoms with Crippen LogP contribution in [-0.4, -0.2) is 38.9 Å². The predicted molar refractivity (Wildman–Crippen MR) is 172 cm³/mol. The second-order valence-electron chi connectivity index (χ2n) is 11.0. The molecule has 7 nitrogen and oxygen atoms in total. The van der Waals surface area contributed by atoms with E-state index in [-0.39, 0.29) is 11.9 Å². The molecule has 0 aliphatic heterocycles. The van der Waals surface area contributed by atoms with Gasteiger partial charge in [-0.2, -0.15) is 13.2 Å². The Morgan fingerprint density at radius 2 is 1.46 bits per heavy atom. The third kappa shape index (κ3) is 9.76. The SMILES string of the molecule is CCC(=O)CCCCC[C@H](NC(=O)Cc1ccc2ccccc2c1)c1ncc(-c2ccc3ccccc3c2)[nH]1.O=C(O)C(F)(F)F. The minimum atomic E-state index is -5.08. The third-order valence-corrected chi connectivity index (χ3v) is 7.59. The maximum Gasteiger partial charge on any atom is 0.490 e. The molecule has 0 aliphatic rings. The van der Waals surface area contributed by atoms with Crippen molar-refractivity contribution in [3.63, 3.8) is 0 Å². The molecule has 0 unspecified atom stereocenters. The number of aliphatic carboxylic acids is 1. The number of carboxylic acids is 1. The Morgan fingerprint density at radius 1 is 0.848 bits per heavy atom.